The van der Waals surface area contributed by atoms with Crippen LogP contribution in [-0.4, -0.2) is 12.5 Å². The summed E-state index contributed by atoms with van der Waals surface area (Å²) in [5.41, 5.74) is 2.37. The lowest BCUT2D eigenvalue weighted by atomic mass is 10.1. The third-order valence-corrected chi connectivity index (χ3v) is 1.70. The molecule has 0 amide bonds. The van der Waals surface area contributed by atoms with E-state index in [2.05, 4.69) is 11.7 Å². The van der Waals surface area contributed by atoms with Crippen molar-refractivity contribution in [1.82, 2.24) is 0 Å². The lowest BCUT2D eigenvalue weighted by Crippen LogP contribution is -1.92. The summed E-state index contributed by atoms with van der Waals surface area (Å²) in [4.78, 5) is 14.9. The molecule has 0 aliphatic carbocycles. The Morgan fingerprint density at radius 2 is 2.17 bits per heavy atom. The number of aryl methyl sites for hydroxylation is 1. The van der Waals surface area contributed by atoms with E-state index in [9.17, 15) is 4.79 Å². The van der Waals surface area contributed by atoms with E-state index in [0.717, 1.165) is 5.56 Å². The minimum atomic E-state index is 0.0288. The van der Waals surface area contributed by atoms with Gasteiger partial charge in [0.2, 0.25) is 0 Å². The van der Waals surface area contributed by atoms with Crippen molar-refractivity contribution in [3.05, 3.63) is 29.3 Å². The average molecular weight is 161 g/mol. The van der Waals surface area contributed by atoms with Crippen LogP contribution in [0, 0.1) is 6.92 Å². The molecule has 0 bridgehead atoms. The fourth-order valence-corrected chi connectivity index (χ4v) is 1.07. The highest BCUT2D eigenvalue weighted by atomic mass is 16.1. The van der Waals surface area contributed by atoms with Gasteiger partial charge in [0.15, 0.2) is 5.78 Å². The maximum atomic E-state index is 11.1. The van der Waals surface area contributed by atoms with Crippen molar-refractivity contribution in [3.8, 4) is 0 Å². The van der Waals surface area contributed by atoms with E-state index in [1.807, 2.05) is 19.1 Å². The second-order valence-corrected chi connectivity index (χ2v) is 2.73. The summed E-state index contributed by atoms with van der Waals surface area (Å²) >= 11 is 0. The van der Waals surface area contributed by atoms with Crippen molar-refractivity contribution >= 4 is 18.2 Å². The van der Waals surface area contributed by atoms with Gasteiger partial charge in [-0.1, -0.05) is 11.6 Å². The predicted octanol–water partition coefficient (Wildman–Crippen LogP) is 2.53. The Balaban J connectivity index is 3.30. The quantitative estimate of drug-likeness (QED) is 0.484. The normalized spacial score (nSPS) is 9.50. The lowest BCUT2D eigenvalue weighted by Gasteiger charge is -2.01. The second kappa shape index (κ2) is 3.30. The molecule has 62 valence electrons. The lowest BCUT2D eigenvalue weighted by molar-refractivity contribution is 0.101. The second-order valence-electron chi connectivity index (χ2n) is 2.73. The Morgan fingerprint density at radius 1 is 1.50 bits per heavy atom. The molecular formula is C10H11NO. The number of aliphatic imine (C=N–C) groups is 1. The highest BCUT2D eigenvalue weighted by Gasteiger charge is 2.04. The number of carbonyl (C=O) groups is 1. The molecule has 0 aliphatic rings. The molecule has 2 heteroatoms. The van der Waals surface area contributed by atoms with E-state index in [0.29, 0.717) is 11.3 Å². The maximum Gasteiger partial charge on any atom is 0.161 e. The molecule has 0 atom stereocenters. The molecular weight excluding hydrogens is 150 g/mol. The summed E-state index contributed by atoms with van der Waals surface area (Å²) in [6, 6.07) is 5.54. The molecule has 1 aromatic carbocycles. The topological polar surface area (TPSA) is 29.4 Å². The molecule has 0 heterocycles. The zero-order valence-corrected chi connectivity index (χ0v) is 7.29. The monoisotopic (exact) mass is 161 g/mol. The van der Waals surface area contributed by atoms with E-state index in [4.69, 9.17) is 0 Å². The molecule has 0 aliphatic heterocycles. The SMILES string of the molecule is C=Nc1ccc(C)cc1C(C)=O. The number of benzene rings is 1. The number of Topliss-reactive ketones (excluding diaryl/α,β-unsaturated/α-hetero) is 1. The number of hydrogen-bond acceptors (Lipinski definition) is 2. The van der Waals surface area contributed by atoms with Gasteiger partial charge in [-0.05, 0) is 32.7 Å². The fraction of sp³-hybridized carbons (Fsp3) is 0.200. The fourth-order valence-electron chi connectivity index (χ4n) is 1.07. The summed E-state index contributed by atoms with van der Waals surface area (Å²) in [5.74, 6) is 0.0288. The zero-order chi connectivity index (χ0) is 9.14. The van der Waals surface area contributed by atoms with Crippen molar-refractivity contribution in [2.45, 2.75) is 13.8 Å². The highest BCUT2D eigenvalue weighted by Crippen LogP contribution is 2.19. The minimum absolute atomic E-state index is 0.0288. The molecule has 0 spiro atoms. The molecule has 1 aromatic rings. The Kier molecular flexibility index (Phi) is 2.38. The number of ketones is 1. The summed E-state index contributed by atoms with van der Waals surface area (Å²) in [7, 11) is 0. The number of nitrogens with zero attached hydrogens (tertiary/aromatic N) is 1. The van der Waals surface area contributed by atoms with E-state index in [-0.39, 0.29) is 5.78 Å². The van der Waals surface area contributed by atoms with E-state index < -0.39 is 0 Å². The predicted molar refractivity (Wildman–Crippen MR) is 50.4 cm³/mol. The van der Waals surface area contributed by atoms with Gasteiger partial charge in [0.1, 0.15) is 0 Å². The largest absolute Gasteiger partial charge is 0.294 e. The van der Waals surface area contributed by atoms with Gasteiger partial charge >= 0.3 is 0 Å². The first-order chi connectivity index (χ1) is 5.65. The molecule has 0 unspecified atom stereocenters. The van der Waals surface area contributed by atoms with Crippen LogP contribution in [0.25, 0.3) is 0 Å². The molecule has 0 fully saturated rings. The van der Waals surface area contributed by atoms with Gasteiger partial charge in [0.25, 0.3) is 0 Å². The molecule has 1 rings (SSSR count). The van der Waals surface area contributed by atoms with Gasteiger partial charge in [0.05, 0.1) is 5.69 Å². The number of rotatable bonds is 2. The van der Waals surface area contributed by atoms with Crippen LogP contribution in [0.5, 0.6) is 0 Å². The van der Waals surface area contributed by atoms with Gasteiger partial charge in [-0.25, -0.2) is 0 Å². The van der Waals surface area contributed by atoms with Crippen LogP contribution in [0.4, 0.5) is 5.69 Å². The minimum Gasteiger partial charge on any atom is -0.294 e. The Bertz CT molecular complexity index is 329. The van der Waals surface area contributed by atoms with Crippen LogP contribution in [0.1, 0.15) is 22.8 Å². The first-order valence-electron chi connectivity index (χ1n) is 3.73. The first-order valence-corrected chi connectivity index (χ1v) is 3.73. The first kappa shape index (κ1) is 8.65. The van der Waals surface area contributed by atoms with Crippen LogP contribution < -0.4 is 0 Å². The Labute approximate surface area is 71.9 Å². The Morgan fingerprint density at radius 3 is 2.67 bits per heavy atom. The van der Waals surface area contributed by atoms with Crippen LogP contribution in [0.15, 0.2) is 23.2 Å². The molecule has 0 saturated carbocycles. The van der Waals surface area contributed by atoms with Gasteiger partial charge in [-0.2, -0.15) is 0 Å². The number of carbonyl (C=O) groups excluding carboxylic acids is 1. The highest BCUT2D eigenvalue weighted by molar-refractivity contribution is 5.99. The van der Waals surface area contributed by atoms with E-state index >= 15 is 0 Å². The standard InChI is InChI=1S/C10H11NO/c1-7-4-5-10(11-3)9(6-7)8(2)12/h4-6H,3H2,1-2H3. The smallest absolute Gasteiger partial charge is 0.161 e. The van der Waals surface area contributed by atoms with Crippen LogP contribution in [-0.2, 0) is 0 Å². The maximum absolute atomic E-state index is 11.1. The van der Waals surface area contributed by atoms with E-state index in [1.54, 1.807) is 6.07 Å². The molecule has 0 radical (unpaired) electrons. The summed E-state index contributed by atoms with van der Waals surface area (Å²) in [5, 5.41) is 0. The Hall–Kier alpha value is -1.44. The average Bonchev–Trinajstić information content (AvgIpc) is 2.04. The summed E-state index contributed by atoms with van der Waals surface area (Å²) in [6.45, 7) is 6.88. The van der Waals surface area contributed by atoms with Crippen molar-refractivity contribution < 1.29 is 4.79 Å². The van der Waals surface area contributed by atoms with E-state index in [1.165, 1.54) is 6.92 Å². The van der Waals surface area contributed by atoms with Gasteiger partial charge in [0, 0.05) is 5.56 Å². The molecule has 0 N–H and O–H groups in total. The molecule has 0 aromatic heterocycles. The molecule has 12 heavy (non-hydrogen) atoms. The number of hydrogen-bond donors (Lipinski definition) is 0. The van der Waals surface area contributed by atoms with Gasteiger partial charge in [-0.15, -0.1) is 0 Å². The van der Waals surface area contributed by atoms with Gasteiger partial charge in [-0.3, -0.25) is 9.79 Å². The van der Waals surface area contributed by atoms with Gasteiger partial charge < -0.3 is 0 Å². The summed E-state index contributed by atoms with van der Waals surface area (Å²) in [6.07, 6.45) is 0. The van der Waals surface area contributed by atoms with Crippen LogP contribution >= 0.6 is 0 Å². The van der Waals surface area contributed by atoms with Crippen molar-refractivity contribution in [2.75, 3.05) is 0 Å². The van der Waals surface area contributed by atoms with Crippen molar-refractivity contribution in [1.29, 1.82) is 0 Å². The molecule has 2 nitrogen and oxygen atoms in total. The third kappa shape index (κ3) is 1.59. The summed E-state index contributed by atoms with van der Waals surface area (Å²) < 4.78 is 0. The zero-order valence-electron chi connectivity index (χ0n) is 7.29. The molecule has 0 saturated heterocycles. The van der Waals surface area contributed by atoms with Crippen LogP contribution in [0.2, 0.25) is 0 Å². The van der Waals surface area contributed by atoms with Crippen LogP contribution in [0.3, 0.4) is 0 Å². The van der Waals surface area contributed by atoms with Crippen molar-refractivity contribution in [2.24, 2.45) is 4.99 Å². The van der Waals surface area contributed by atoms with Crippen molar-refractivity contribution in [3.63, 3.8) is 0 Å². The third-order valence-electron chi connectivity index (χ3n) is 1.70.